The molecule has 594 valence electrons. The van der Waals surface area contributed by atoms with Gasteiger partial charge in [-0.1, -0.05) is 370 Å². The Labute approximate surface area is 613 Å². The van der Waals surface area contributed by atoms with Crippen LogP contribution >= 0.6 is 15.6 Å². The number of aliphatic hydroxyl groups is 1. The second kappa shape index (κ2) is 71.3. The summed E-state index contributed by atoms with van der Waals surface area (Å²) in [4.78, 5) is 73.0. The number of phosphoric ester groups is 2. The van der Waals surface area contributed by atoms with Crippen molar-refractivity contribution in [3.8, 4) is 0 Å². The van der Waals surface area contributed by atoms with E-state index in [1.807, 2.05) is 0 Å². The van der Waals surface area contributed by atoms with Gasteiger partial charge in [0.05, 0.1) is 26.4 Å². The van der Waals surface area contributed by atoms with Crippen molar-refractivity contribution in [2.45, 2.75) is 439 Å². The smallest absolute Gasteiger partial charge is 0.462 e. The summed E-state index contributed by atoms with van der Waals surface area (Å²) in [5, 5.41) is 10.6. The van der Waals surface area contributed by atoms with Gasteiger partial charge in [-0.3, -0.25) is 37.3 Å². The number of esters is 4. The molecule has 100 heavy (non-hydrogen) atoms. The minimum absolute atomic E-state index is 0.106. The Morgan fingerprint density at radius 2 is 0.460 bits per heavy atom. The summed E-state index contributed by atoms with van der Waals surface area (Å²) in [6.45, 7) is 12.0. The van der Waals surface area contributed by atoms with Crippen LogP contribution in [0.3, 0.4) is 0 Å². The molecule has 5 atom stereocenters. The number of phosphoric acid groups is 2. The molecule has 0 fully saturated rings. The fraction of sp³-hybridized carbons (Fsp3) is 0.951. The zero-order valence-electron chi connectivity index (χ0n) is 65.7. The van der Waals surface area contributed by atoms with Crippen molar-refractivity contribution in [1.82, 2.24) is 0 Å². The number of ether oxygens (including phenoxy) is 4. The maximum atomic E-state index is 13.1. The van der Waals surface area contributed by atoms with Crippen LogP contribution in [0.1, 0.15) is 421 Å². The van der Waals surface area contributed by atoms with Gasteiger partial charge in [-0.2, -0.15) is 0 Å². The van der Waals surface area contributed by atoms with Gasteiger partial charge in [-0.15, -0.1) is 0 Å². The molecule has 0 bridgehead atoms. The van der Waals surface area contributed by atoms with Crippen molar-refractivity contribution in [2.24, 2.45) is 17.8 Å². The van der Waals surface area contributed by atoms with Crippen molar-refractivity contribution >= 4 is 39.5 Å². The van der Waals surface area contributed by atoms with Crippen LogP contribution in [0.4, 0.5) is 0 Å². The molecule has 0 aliphatic carbocycles. The summed E-state index contributed by atoms with van der Waals surface area (Å²) in [7, 11) is -9.92. The fourth-order valence-corrected chi connectivity index (χ4v) is 14.1. The van der Waals surface area contributed by atoms with E-state index < -0.39 is 97.5 Å². The van der Waals surface area contributed by atoms with Crippen LogP contribution in [0.2, 0.25) is 0 Å². The SMILES string of the molecule is CCCCCCCCCCCC(=O)OC[C@H](COP(=O)(O)OC[C@H](O)COP(=O)(O)OC[C@@H](COC(=O)CCCCCCCCCCCCCCCC(C)C)OC(=O)CCCCCCCCCCCCCCCCCCCCC(C)C)OC(=O)CCCCCCCCCCCCCC(C)C. The van der Waals surface area contributed by atoms with Crippen molar-refractivity contribution < 1.29 is 80.2 Å². The van der Waals surface area contributed by atoms with Crippen LogP contribution in [0.15, 0.2) is 0 Å². The summed E-state index contributed by atoms with van der Waals surface area (Å²) >= 11 is 0. The van der Waals surface area contributed by atoms with Crippen LogP contribution in [0, 0.1) is 17.8 Å². The van der Waals surface area contributed by atoms with E-state index in [1.54, 1.807) is 0 Å². The number of aliphatic hydroxyl groups excluding tert-OH is 1. The highest BCUT2D eigenvalue weighted by Crippen LogP contribution is 2.45. The molecule has 0 rings (SSSR count). The molecule has 0 saturated heterocycles. The molecule has 3 N–H and O–H groups in total. The lowest BCUT2D eigenvalue weighted by molar-refractivity contribution is -0.161. The Morgan fingerprint density at radius 3 is 0.680 bits per heavy atom. The molecular weight excluding hydrogens is 1310 g/mol. The lowest BCUT2D eigenvalue weighted by atomic mass is 10.0. The average molecular weight is 1470 g/mol. The highest BCUT2D eigenvalue weighted by Gasteiger charge is 2.30. The molecule has 0 heterocycles. The molecule has 0 radical (unpaired) electrons. The van der Waals surface area contributed by atoms with E-state index in [2.05, 4.69) is 48.5 Å². The lowest BCUT2D eigenvalue weighted by Gasteiger charge is -2.21. The van der Waals surface area contributed by atoms with E-state index in [-0.39, 0.29) is 25.7 Å². The third-order valence-electron chi connectivity index (χ3n) is 18.9. The molecule has 0 aromatic heterocycles. The second-order valence-electron chi connectivity index (χ2n) is 30.6. The van der Waals surface area contributed by atoms with Crippen LogP contribution in [0.25, 0.3) is 0 Å². The first-order chi connectivity index (χ1) is 48.2. The van der Waals surface area contributed by atoms with Gasteiger partial charge in [0.1, 0.15) is 19.3 Å². The number of rotatable bonds is 79. The summed E-state index contributed by atoms with van der Waals surface area (Å²) < 4.78 is 68.7. The number of carbonyl (C=O) groups is 4. The largest absolute Gasteiger partial charge is 0.472 e. The lowest BCUT2D eigenvalue weighted by Crippen LogP contribution is -2.30. The first kappa shape index (κ1) is 98.1. The molecule has 0 spiro atoms. The number of hydrogen-bond donors (Lipinski definition) is 3. The van der Waals surface area contributed by atoms with Crippen LogP contribution < -0.4 is 0 Å². The molecule has 0 aliphatic rings. The molecule has 19 heteroatoms. The highest BCUT2D eigenvalue weighted by atomic mass is 31.2. The van der Waals surface area contributed by atoms with Gasteiger partial charge in [-0.05, 0) is 43.4 Å². The first-order valence-electron chi connectivity index (χ1n) is 41.8. The van der Waals surface area contributed by atoms with E-state index in [0.717, 1.165) is 108 Å². The van der Waals surface area contributed by atoms with Gasteiger partial charge >= 0.3 is 39.5 Å². The zero-order chi connectivity index (χ0) is 73.7. The second-order valence-corrected chi connectivity index (χ2v) is 33.5. The Hall–Kier alpha value is -1.94. The zero-order valence-corrected chi connectivity index (χ0v) is 67.5. The van der Waals surface area contributed by atoms with E-state index in [0.29, 0.717) is 25.7 Å². The Morgan fingerprint density at radius 1 is 0.270 bits per heavy atom. The van der Waals surface area contributed by atoms with Crippen molar-refractivity contribution in [1.29, 1.82) is 0 Å². The number of carbonyl (C=O) groups excluding carboxylic acids is 4. The number of hydrogen-bond acceptors (Lipinski definition) is 15. The summed E-state index contributed by atoms with van der Waals surface area (Å²) in [5.74, 6) is 0.265. The molecular formula is C81H158O17P2. The van der Waals surface area contributed by atoms with Crippen LogP contribution in [-0.4, -0.2) is 96.7 Å². The van der Waals surface area contributed by atoms with Crippen molar-refractivity contribution in [3.63, 3.8) is 0 Å². The van der Waals surface area contributed by atoms with Crippen LogP contribution in [-0.2, 0) is 65.4 Å². The van der Waals surface area contributed by atoms with E-state index in [1.165, 1.54) is 231 Å². The standard InChI is InChI=1S/C81H158O17P2/c1-8-9-10-11-12-31-41-48-55-62-78(83)91-68-76(97-81(86)65-58-51-44-37-30-24-27-34-40-47-54-61-74(6)7)70-95-99(87,88)93-66-75(82)67-94-100(89,90)96-71-77(69-92-79(84)63-56-49-42-35-28-23-19-21-26-33-39-46-53-60-73(4)5)98-80(85)64-57-50-43-36-29-22-18-16-14-13-15-17-20-25-32-38-45-52-59-72(2)3/h72-77,82H,8-71H2,1-7H3,(H,87,88)(H,89,90)/t75-,76+,77+/m0/s1. The van der Waals surface area contributed by atoms with Crippen LogP contribution in [0.5, 0.6) is 0 Å². The molecule has 0 aromatic carbocycles. The highest BCUT2D eigenvalue weighted by molar-refractivity contribution is 7.47. The molecule has 2 unspecified atom stereocenters. The van der Waals surface area contributed by atoms with Gasteiger partial charge in [0.25, 0.3) is 0 Å². The number of unbranched alkanes of at least 4 members (excludes halogenated alkanes) is 47. The minimum atomic E-state index is -4.96. The first-order valence-corrected chi connectivity index (χ1v) is 44.8. The normalized spacial score (nSPS) is 14.0. The van der Waals surface area contributed by atoms with E-state index in [9.17, 15) is 43.2 Å². The fourth-order valence-electron chi connectivity index (χ4n) is 12.5. The van der Waals surface area contributed by atoms with Crippen molar-refractivity contribution in [2.75, 3.05) is 39.6 Å². The summed E-state index contributed by atoms with van der Waals surface area (Å²) in [5.41, 5.74) is 0. The predicted octanol–water partition coefficient (Wildman–Crippen LogP) is 24.1. The molecule has 0 amide bonds. The predicted molar refractivity (Wildman–Crippen MR) is 409 cm³/mol. The van der Waals surface area contributed by atoms with Crippen molar-refractivity contribution in [3.05, 3.63) is 0 Å². The molecule has 0 aliphatic heterocycles. The van der Waals surface area contributed by atoms with Gasteiger partial charge in [0.15, 0.2) is 12.2 Å². The summed E-state index contributed by atoms with van der Waals surface area (Å²) in [6, 6.07) is 0. The monoisotopic (exact) mass is 1470 g/mol. The molecule has 17 nitrogen and oxygen atoms in total. The third-order valence-corrected chi connectivity index (χ3v) is 20.8. The summed E-state index contributed by atoms with van der Waals surface area (Å²) in [6.07, 6.45) is 59.7. The van der Waals surface area contributed by atoms with E-state index >= 15 is 0 Å². The Balaban J connectivity index is 5.21. The maximum absolute atomic E-state index is 13.1. The van der Waals surface area contributed by atoms with Gasteiger partial charge in [0.2, 0.25) is 0 Å². The maximum Gasteiger partial charge on any atom is 0.472 e. The van der Waals surface area contributed by atoms with E-state index in [4.69, 9.17) is 37.0 Å². The van der Waals surface area contributed by atoms with Gasteiger partial charge in [0, 0.05) is 25.7 Å². The quantitative estimate of drug-likeness (QED) is 0.0222. The minimum Gasteiger partial charge on any atom is -0.462 e. The molecule has 0 saturated carbocycles. The third kappa shape index (κ3) is 74.3. The van der Waals surface area contributed by atoms with Gasteiger partial charge in [-0.25, -0.2) is 9.13 Å². The average Bonchev–Trinajstić information content (AvgIpc) is 0.932. The molecule has 0 aromatic rings. The van der Waals surface area contributed by atoms with Gasteiger partial charge < -0.3 is 33.8 Å². The Bertz CT molecular complexity index is 1940. The Kier molecular flexibility index (Phi) is 69.9. The topological polar surface area (TPSA) is 237 Å².